The van der Waals surface area contributed by atoms with Gasteiger partial charge in [-0.2, -0.15) is 0 Å². The summed E-state index contributed by atoms with van der Waals surface area (Å²) in [4.78, 5) is 12.0. The number of hydrogen-bond acceptors (Lipinski definition) is 3. The van der Waals surface area contributed by atoms with Crippen LogP contribution in [0.15, 0.2) is 34.7 Å². The van der Waals surface area contributed by atoms with Crippen LogP contribution in [0.5, 0.6) is 0 Å². The molecule has 1 aromatic heterocycles. The average Bonchev–Trinajstić information content (AvgIpc) is 2.91. The van der Waals surface area contributed by atoms with Gasteiger partial charge < -0.3 is 15.1 Å². The Hall–Kier alpha value is -2.07. The summed E-state index contributed by atoms with van der Waals surface area (Å²) in [6.07, 6.45) is 0.896. The molecule has 2 N–H and O–H groups in total. The first-order chi connectivity index (χ1) is 10.2. The van der Waals surface area contributed by atoms with E-state index in [-0.39, 0.29) is 11.9 Å². The number of rotatable bonds is 4. The zero-order valence-electron chi connectivity index (χ0n) is 12.4. The van der Waals surface area contributed by atoms with Gasteiger partial charge in [0.2, 0.25) is 0 Å². The predicted molar refractivity (Wildman–Crippen MR) is 81.4 cm³/mol. The number of carbonyl (C=O) groups excluding carboxylic acids is 1. The quantitative estimate of drug-likeness (QED) is 0.907. The van der Waals surface area contributed by atoms with E-state index in [1.165, 1.54) is 0 Å². The number of nitrogens with one attached hydrogen (secondary N) is 2. The fourth-order valence-corrected chi connectivity index (χ4v) is 2.80. The molecule has 1 aromatic carbocycles. The monoisotopic (exact) mass is 284 g/mol. The third-order valence-corrected chi connectivity index (χ3v) is 3.85. The van der Waals surface area contributed by atoms with Crippen LogP contribution < -0.4 is 10.6 Å². The normalized spacial score (nSPS) is 15.4. The van der Waals surface area contributed by atoms with Crippen molar-refractivity contribution in [3.05, 3.63) is 58.5 Å². The van der Waals surface area contributed by atoms with Gasteiger partial charge in [0.25, 0.3) is 5.91 Å². The van der Waals surface area contributed by atoms with Crippen molar-refractivity contribution in [2.45, 2.75) is 26.3 Å². The van der Waals surface area contributed by atoms with Crippen molar-refractivity contribution in [2.75, 3.05) is 13.1 Å². The highest BCUT2D eigenvalue weighted by Gasteiger charge is 2.21. The van der Waals surface area contributed by atoms with Crippen molar-refractivity contribution in [2.24, 2.45) is 0 Å². The van der Waals surface area contributed by atoms with E-state index in [2.05, 4.69) is 29.7 Å². The topological polar surface area (TPSA) is 54.3 Å². The Labute approximate surface area is 124 Å². The van der Waals surface area contributed by atoms with E-state index < -0.39 is 0 Å². The Morgan fingerprint density at radius 3 is 2.90 bits per heavy atom. The minimum absolute atomic E-state index is 0.0176. The lowest BCUT2D eigenvalue weighted by atomic mass is 9.94. The Morgan fingerprint density at radius 1 is 1.33 bits per heavy atom. The maximum atomic E-state index is 12.0. The Morgan fingerprint density at radius 2 is 2.19 bits per heavy atom. The lowest BCUT2D eigenvalue weighted by molar-refractivity contribution is 0.0946. The molecule has 0 aliphatic carbocycles. The number of amides is 1. The molecule has 1 aliphatic heterocycles. The molecule has 0 spiro atoms. The van der Waals surface area contributed by atoms with Crippen LogP contribution in [0.2, 0.25) is 0 Å². The van der Waals surface area contributed by atoms with Gasteiger partial charge in [-0.3, -0.25) is 4.79 Å². The van der Waals surface area contributed by atoms with Gasteiger partial charge in [0.15, 0.2) is 0 Å². The Balaban J connectivity index is 2.00. The van der Waals surface area contributed by atoms with Crippen LogP contribution in [0.25, 0.3) is 0 Å². The first kappa shape index (κ1) is 13.9. The highest BCUT2D eigenvalue weighted by atomic mass is 16.3. The van der Waals surface area contributed by atoms with Gasteiger partial charge >= 0.3 is 0 Å². The summed E-state index contributed by atoms with van der Waals surface area (Å²) in [6.45, 7) is 5.55. The summed E-state index contributed by atoms with van der Waals surface area (Å²) in [6, 6.07) is 10.1. The lowest BCUT2D eigenvalue weighted by Gasteiger charge is -2.21. The van der Waals surface area contributed by atoms with Gasteiger partial charge in [-0.25, -0.2) is 0 Å². The smallest absolute Gasteiger partial charge is 0.251 e. The maximum absolute atomic E-state index is 12.0. The van der Waals surface area contributed by atoms with Crippen LogP contribution in [0, 0.1) is 6.92 Å². The maximum Gasteiger partial charge on any atom is 0.251 e. The molecule has 1 atom stereocenters. The molecule has 1 unspecified atom stereocenters. The molecule has 0 bridgehead atoms. The molecule has 2 heterocycles. The largest absolute Gasteiger partial charge is 0.464 e. The van der Waals surface area contributed by atoms with Gasteiger partial charge in [0.1, 0.15) is 11.5 Å². The summed E-state index contributed by atoms with van der Waals surface area (Å²) in [5, 5.41) is 6.32. The van der Waals surface area contributed by atoms with Crippen molar-refractivity contribution in [3.63, 3.8) is 0 Å². The van der Waals surface area contributed by atoms with E-state index in [9.17, 15) is 4.79 Å². The van der Waals surface area contributed by atoms with Crippen molar-refractivity contribution in [1.29, 1.82) is 0 Å². The molecule has 4 nitrogen and oxygen atoms in total. The number of furan rings is 1. The molecular weight excluding hydrogens is 264 g/mol. The minimum atomic E-state index is -0.0243. The van der Waals surface area contributed by atoms with Crippen LogP contribution in [0.4, 0.5) is 0 Å². The molecule has 0 saturated carbocycles. The Kier molecular flexibility index (Phi) is 3.80. The standard InChI is InChI=1S/C17H20N2O2/c1-3-18-16(15-7-4-11(2)21-15)13-6-5-12-8-9-19-17(20)14(12)10-13/h4-7,10,16,18H,3,8-9H2,1-2H3,(H,19,20). The molecule has 3 rings (SSSR count). The minimum Gasteiger partial charge on any atom is -0.464 e. The van der Waals surface area contributed by atoms with Gasteiger partial charge in [-0.1, -0.05) is 19.1 Å². The molecule has 1 amide bonds. The lowest BCUT2D eigenvalue weighted by Crippen LogP contribution is -2.32. The third kappa shape index (κ3) is 2.72. The molecule has 1 aliphatic rings. The first-order valence-electron chi connectivity index (χ1n) is 7.39. The summed E-state index contributed by atoms with van der Waals surface area (Å²) < 4.78 is 5.76. The van der Waals surface area contributed by atoms with Crippen LogP contribution in [-0.4, -0.2) is 19.0 Å². The number of fused-ring (bicyclic) bond motifs is 1. The van der Waals surface area contributed by atoms with Crippen LogP contribution in [0.3, 0.4) is 0 Å². The van der Waals surface area contributed by atoms with Crippen LogP contribution >= 0.6 is 0 Å². The van der Waals surface area contributed by atoms with Gasteiger partial charge in [0, 0.05) is 12.1 Å². The molecule has 2 aromatic rings. The van der Waals surface area contributed by atoms with Crippen molar-refractivity contribution >= 4 is 5.91 Å². The van der Waals surface area contributed by atoms with Gasteiger partial charge in [0.05, 0.1) is 6.04 Å². The molecule has 4 heteroatoms. The van der Waals surface area contributed by atoms with Crippen LogP contribution in [-0.2, 0) is 6.42 Å². The summed E-state index contributed by atoms with van der Waals surface area (Å²) in [5.41, 5.74) is 2.96. The average molecular weight is 284 g/mol. The molecular formula is C17H20N2O2. The summed E-state index contributed by atoms with van der Waals surface area (Å²) in [7, 11) is 0. The highest BCUT2D eigenvalue weighted by Crippen LogP contribution is 2.26. The second-order valence-corrected chi connectivity index (χ2v) is 5.36. The number of carbonyl (C=O) groups is 1. The number of benzene rings is 1. The molecule has 110 valence electrons. The van der Waals surface area contributed by atoms with Crippen LogP contribution in [0.1, 0.15) is 46.0 Å². The van der Waals surface area contributed by atoms with Gasteiger partial charge in [-0.05, 0) is 49.2 Å². The highest BCUT2D eigenvalue weighted by molar-refractivity contribution is 5.96. The second kappa shape index (κ2) is 5.74. The van der Waals surface area contributed by atoms with E-state index in [1.54, 1.807) is 0 Å². The summed E-state index contributed by atoms with van der Waals surface area (Å²) >= 11 is 0. The molecule has 0 radical (unpaired) electrons. The third-order valence-electron chi connectivity index (χ3n) is 3.85. The first-order valence-corrected chi connectivity index (χ1v) is 7.39. The molecule has 21 heavy (non-hydrogen) atoms. The van der Waals surface area contributed by atoms with E-state index in [4.69, 9.17) is 4.42 Å². The fraction of sp³-hybridized carbons (Fsp3) is 0.353. The van der Waals surface area contributed by atoms with Crippen molar-refractivity contribution in [1.82, 2.24) is 10.6 Å². The number of aryl methyl sites for hydroxylation is 1. The Bertz CT molecular complexity index is 661. The fourth-order valence-electron chi connectivity index (χ4n) is 2.80. The summed E-state index contributed by atoms with van der Waals surface area (Å²) in [5.74, 6) is 1.79. The molecule has 0 fully saturated rings. The van der Waals surface area contributed by atoms with E-state index in [0.29, 0.717) is 0 Å². The van der Waals surface area contributed by atoms with E-state index >= 15 is 0 Å². The van der Waals surface area contributed by atoms with E-state index in [1.807, 2.05) is 25.1 Å². The van der Waals surface area contributed by atoms with E-state index in [0.717, 1.165) is 47.7 Å². The van der Waals surface area contributed by atoms with Crippen molar-refractivity contribution in [3.8, 4) is 0 Å². The zero-order valence-corrected chi connectivity index (χ0v) is 12.4. The zero-order chi connectivity index (χ0) is 14.8. The second-order valence-electron chi connectivity index (χ2n) is 5.36. The number of hydrogen-bond donors (Lipinski definition) is 2. The van der Waals surface area contributed by atoms with Gasteiger partial charge in [-0.15, -0.1) is 0 Å². The molecule has 0 saturated heterocycles. The predicted octanol–water partition coefficient (Wildman–Crippen LogP) is 2.57. The SMILES string of the molecule is CCNC(c1ccc2c(c1)C(=O)NCC2)c1ccc(C)o1. The van der Waals surface area contributed by atoms with Crippen molar-refractivity contribution < 1.29 is 9.21 Å².